The first-order valence-corrected chi connectivity index (χ1v) is 6.64. The summed E-state index contributed by atoms with van der Waals surface area (Å²) in [4.78, 5) is 17.3. The molecular weight excluding hydrogens is 264 g/mol. The van der Waals surface area contributed by atoms with E-state index in [-0.39, 0.29) is 5.91 Å². The van der Waals surface area contributed by atoms with E-state index in [1.165, 1.54) is 11.9 Å². The summed E-state index contributed by atoms with van der Waals surface area (Å²) in [5, 5.41) is 0. The summed E-state index contributed by atoms with van der Waals surface area (Å²) in [6.45, 7) is 2.03. The van der Waals surface area contributed by atoms with E-state index in [4.69, 9.17) is 4.74 Å². The molecule has 0 heterocycles. The Kier molecular flexibility index (Phi) is 4.72. The molecule has 0 aliphatic heterocycles. The van der Waals surface area contributed by atoms with Crippen LogP contribution in [0.3, 0.4) is 0 Å². The van der Waals surface area contributed by atoms with Gasteiger partial charge in [-0.1, -0.05) is 17.7 Å². The van der Waals surface area contributed by atoms with Crippen molar-refractivity contribution in [3.05, 3.63) is 59.7 Å². The maximum atomic E-state index is 11.8. The van der Waals surface area contributed by atoms with Crippen LogP contribution in [0.1, 0.15) is 15.9 Å². The molecule has 2 aromatic rings. The van der Waals surface area contributed by atoms with Gasteiger partial charge in [-0.05, 0) is 43.3 Å². The number of aliphatic imine (C=N–C) groups is 1. The highest BCUT2D eigenvalue weighted by molar-refractivity contribution is 5.98. The van der Waals surface area contributed by atoms with Gasteiger partial charge >= 0.3 is 0 Å². The summed E-state index contributed by atoms with van der Waals surface area (Å²) in [5.74, 6) is 1.18. The van der Waals surface area contributed by atoms with Gasteiger partial charge in [-0.15, -0.1) is 0 Å². The molecule has 2 aromatic carbocycles. The molecule has 0 aliphatic carbocycles. The largest absolute Gasteiger partial charge is 0.457 e. The number of carbonyl (C=O) groups is 1. The van der Waals surface area contributed by atoms with Crippen molar-refractivity contribution in [3.8, 4) is 11.5 Å². The second-order valence-corrected chi connectivity index (χ2v) is 4.95. The van der Waals surface area contributed by atoms with E-state index in [0.717, 1.165) is 5.75 Å². The lowest BCUT2D eigenvalue weighted by Gasteiger charge is -2.06. The molecule has 0 aliphatic rings. The Bertz CT molecular complexity index is 629. The van der Waals surface area contributed by atoms with Gasteiger partial charge < -0.3 is 9.64 Å². The van der Waals surface area contributed by atoms with Crippen molar-refractivity contribution in [2.24, 2.45) is 4.99 Å². The minimum absolute atomic E-state index is 0.273. The molecule has 108 valence electrons. The number of nitrogens with zero attached hydrogens (tertiary/aromatic N) is 2. The number of ether oxygens (including phenoxy) is 1. The smallest absolute Gasteiger partial charge is 0.278 e. The molecule has 4 heteroatoms. The van der Waals surface area contributed by atoms with Crippen LogP contribution in [0.2, 0.25) is 0 Å². The lowest BCUT2D eigenvalue weighted by atomic mass is 10.2. The van der Waals surface area contributed by atoms with Gasteiger partial charge in [0.25, 0.3) is 5.91 Å². The second-order valence-electron chi connectivity index (χ2n) is 4.95. The Labute approximate surface area is 124 Å². The van der Waals surface area contributed by atoms with E-state index in [0.29, 0.717) is 11.3 Å². The molecular formula is C17H18N2O2. The predicted molar refractivity (Wildman–Crippen MR) is 84.2 cm³/mol. The van der Waals surface area contributed by atoms with Crippen molar-refractivity contribution < 1.29 is 9.53 Å². The van der Waals surface area contributed by atoms with Crippen LogP contribution in [-0.2, 0) is 0 Å². The Balaban J connectivity index is 2.05. The zero-order chi connectivity index (χ0) is 15.2. The molecule has 0 radical (unpaired) electrons. The third kappa shape index (κ3) is 4.45. The van der Waals surface area contributed by atoms with Gasteiger partial charge in [0, 0.05) is 19.7 Å². The van der Waals surface area contributed by atoms with E-state index in [1.54, 1.807) is 29.2 Å². The summed E-state index contributed by atoms with van der Waals surface area (Å²) in [7, 11) is 3.63. The van der Waals surface area contributed by atoms with E-state index in [9.17, 15) is 4.79 Å². The lowest BCUT2D eigenvalue weighted by molar-refractivity contribution is 0.100. The number of amides is 1. The highest BCUT2D eigenvalue weighted by Crippen LogP contribution is 2.22. The molecule has 1 amide bonds. The number of carbonyl (C=O) groups excluding carboxylic acids is 1. The van der Waals surface area contributed by atoms with Gasteiger partial charge in [0.2, 0.25) is 0 Å². The van der Waals surface area contributed by atoms with E-state index < -0.39 is 0 Å². The van der Waals surface area contributed by atoms with Crippen molar-refractivity contribution in [1.29, 1.82) is 0 Å². The van der Waals surface area contributed by atoms with E-state index in [1.807, 2.05) is 45.3 Å². The van der Waals surface area contributed by atoms with Gasteiger partial charge in [-0.3, -0.25) is 4.79 Å². The molecule has 0 N–H and O–H groups in total. The lowest BCUT2D eigenvalue weighted by Crippen LogP contribution is -2.09. The minimum Gasteiger partial charge on any atom is -0.457 e. The van der Waals surface area contributed by atoms with Crippen LogP contribution >= 0.6 is 0 Å². The summed E-state index contributed by atoms with van der Waals surface area (Å²) in [5.41, 5.74) is 1.71. The van der Waals surface area contributed by atoms with Crippen LogP contribution in [0.4, 0.5) is 0 Å². The van der Waals surface area contributed by atoms with Crippen molar-refractivity contribution >= 4 is 12.2 Å². The van der Waals surface area contributed by atoms with Crippen LogP contribution < -0.4 is 4.74 Å². The summed E-state index contributed by atoms with van der Waals surface area (Å²) in [6.07, 6.45) is 1.49. The van der Waals surface area contributed by atoms with Crippen LogP contribution in [0.15, 0.2) is 53.5 Å². The third-order valence-corrected chi connectivity index (χ3v) is 2.76. The fraction of sp³-hybridized carbons (Fsp3) is 0.176. The third-order valence-electron chi connectivity index (χ3n) is 2.76. The quantitative estimate of drug-likeness (QED) is 0.636. The normalized spacial score (nSPS) is 10.6. The van der Waals surface area contributed by atoms with Crippen LogP contribution in [-0.4, -0.2) is 31.2 Å². The summed E-state index contributed by atoms with van der Waals surface area (Å²) in [6, 6.07) is 14.7. The topological polar surface area (TPSA) is 41.9 Å². The second kappa shape index (κ2) is 6.70. The first kappa shape index (κ1) is 14.8. The predicted octanol–water partition coefficient (Wildman–Crippen LogP) is 3.52. The number of hydrogen-bond acceptors (Lipinski definition) is 2. The molecule has 4 nitrogen and oxygen atoms in total. The molecule has 0 unspecified atom stereocenters. The van der Waals surface area contributed by atoms with Gasteiger partial charge in [0.15, 0.2) is 0 Å². The van der Waals surface area contributed by atoms with Gasteiger partial charge in [0.05, 0.1) is 6.34 Å². The first-order valence-electron chi connectivity index (χ1n) is 6.64. The highest BCUT2D eigenvalue weighted by atomic mass is 16.5. The standard InChI is InChI=1S/C17H18N2O2/c1-13-4-8-15(9-5-13)21-16-10-6-14(7-11-16)17(20)18-12-19(2)3/h4-12H,1-3H3. The SMILES string of the molecule is Cc1ccc(Oc2ccc(C(=O)N=CN(C)C)cc2)cc1. The maximum absolute atomic E-state index is 11.8. The molecule has 2 rings (SSSR count). The molecule has 0 saturated heterocycles. The maximum Gasteiger partial charge on any atom is 0.278 e. The molecule has 0 atom stereocenters. The Hall–Kier alpha value is -2.62. The number of benzene rings is 2. The van der Waals surface area contributed by atoms with Crippen LogP contribution in [0.5, 0.6) is 11.5 Å². The van der Waals surface area contributed by atoms with Gasteiger partial charge in [-0.25, -0.2) is 0 Å². The highest BCUT2D eigenvalue weighted by Gasteiger charge is 2.04. The Morgan fingerprint density at radius 1 is 1.00 bits per heavy atom. The van der Waals surface area contributed by atoms with Crippen molar-refractivity contribution in [2.45, 2.75) is 6.92 Å². The van der Waals surface area contributed by atoms with Crippen molar-refractivity contribution in [1.82, 2.24) is 4.90 Å². The Morgan fingerprint density at radius 3 is 2.05 bits per heavy atom. The zero-order valence-corrected chi connectivity index (χ0v) is 12.4. The average molecular weight is 282 g/mol. The number of aryl methyl sites for hydroxylation is 1. The molecule has 0 bridgehead atoms. The van der Waals surface area contributed by atoms with Gasteiger partial charge in [-0.2, -0.15) is 4.99 Å². The minimum atomic E-state index is -0.273. The molecule has 0 fully saturated rings. The van der Waals surface area contributed by atoms with Crippen LogP contribution in [0, 0.1) is 6.92 Å². The fourth-order valence-electron chi connectivity index (χ4n) is 1.65. The monoisotopic (exact) mass is 282 g/mol. The zero-order valence-electron chi connectivity index (χ0n) is 12.4. The number of rotatable bonds is 4. The van der Waals surface area contributed by atoms with Crippen molar-refractivity contribution in [2.75, 3.05) is 14.1 Å². The molecule has 0 aromatic heterocycles. The molecule has 0 spiro atoms. The van der Waals surface area contributed by atoms with Gasteiger partial charge in [0.1, 0.15) is 11.5 Å². The van der Waals surface area contributed by atoms with E-state index >= 15 is 0 Å². The summed E-state index contributed by atoms with van der Waals surface area (Å²) >= 11 is 0. The summed E-state index contributed by atoms with van der Waals surface area (Å²) < 4.78 is 5.71. The Morgan fingerprint density at radius 2 is 1.52 bits per heavy atom. The average Bonchev–Trinajstić information content (AvgIpc) is 2.48. The fourth-order valence-corrected chi connectivity index (χ4v) is 1.65. The van der Waals surface area contributed by atoms with Crippen molar-refractivity contribution in [3.63, 3.8) is 0 Å². The first-order chi connectivity index (χ1) is 10.0. The van der Waals surface area contributed by atoms with Crippen LogP contribution in [0.25, 0.3) is 0 Å². The number of hydrogen-bond donors (Lipinski definition) is 0. The molecule has 21 heavy (non-hydrogen) atoms. The molecule has 0 saturated carbocycles. The van der Waals surface area contributed by atoms with E-state index in [2.05, 4.69) is 4.99 Å².